The molecule has 0 fully saturated rings. The first-order chi connectivity index (χ1) is 23.4. The first-order valence-corrected chi connectivity index (χ1v) is 16.8. The van der Waals surface area contributed by atoms with Crippen molar-refractivity contribution in [1.82, 2.24) is 10.3 Å². The van der Waals surface area contributed by atoms with Gasteiger partial charge in [0.2, 0.25) is 5.91 Å². The Hall–Kier alpha value is -5.42. The summed E-state index contributed by atoms with van der Waals surface area (Å²) in [5, 5.41) is 10.8. The normalized spacial score (nSPS) is 11.8. The van der Waals surface area contributed by atoms with Crippen LogP contribution in [-0.4, -0.2) is 22.7 Å². The molecule has 0 spiro atoms. The summed E-state index contributed by atoms with van der Waals surface area (Å²) in [7, 11) is 0. The van der Waals surface area contributed by atoms with Crippen molar-refractivity contribution in [3.05, 3.63) is 161 Å². The van der Waals surface area contributed by atoms with Crippen molar-refractivity contribution < 1.29 is 18.8 Å². The van der Waals surface area contributed by atoms with Crippen LogP contribution in [-0.2, 0) is 9.59 Å². The number of benzene rings is 4. The third-order valence-corrected chi connectivity index (χ3v) is 9.30. The second kappa shape index (κ2) is 15.4. The number of halogens is 1. The molecule has 0 saturated heterocycles. The maximum atomic E-state index is 13.6. The summed E-state index contributed by atoms with van der Waals surface area (Å²) in [6, 6.07) is 36.0. The predicted octanol–water partition coefficient (Wildman–Crippen LogP) is 8.94. The molecule has 0 aliphatic heterocycles. The monoisotopic (exact) mass is 690 g/mol. The molecule has 0 radical (unpaired) electrons. The van der Waals surface area contributed by atoms with Crippen LogP contribution in [0.2, 0.25) is 5.02 Å². The van der Waals surface area contributed by atoms with E-state index in [1.165, 1.54) is 35.4 Å². The van der Waals surface area contributed by atoms with Crippen molar-refractivity contribution in [3.8, 4) is 11.3 Å². The summed E-state index contributed by atoms with van der Waals surface area (Å²) in [4.78, 5) is 45.2. The number of nitrogens with one attached hydrogen (secondary N) is 3. The lowest BCUT2D eigenvalue weighted by molar-refractivity contribution is -0.116. The fraction of sp³-hybridized carbons (Fsp3) is 0.0270. The van der Waals surface area contributed by atoms with E-state index in [2.05, 4.69) is 20.9 Å². The highest BCUT2D eigenvalue weighted by molar-refractivity contribution is 8.00. The smallest absolute Gasteiger partial charge is 0.272 e. The van der Waals surface area contributed by atoms with E-state index in [0.29, 0.717) is 32.9 Å². The second-order valence-corrected chi connectivity index (χ2v) is 12.7. The van der Waals surface area contributed by atoms with E-state index >= 15 is 0 Å². The summed E-state index contributed by atoms with van der Waals surface area (Å²) in [6.45, 7) is 0. The number of aromatic nitrogens is 1. The van der Waals surface area contributed by atoms with Gasteiger partial charge in [-0.3, -0.25) is 14.4 Å². The minimum absolute atomic E-state index is 0.0120. The van der Waals surface area contributed by atoms with Crippen LogP contribution in [0.5, 0.6) is 0 Å². The molecule has 2 heterocycles. The minimum atomic E-state index is -0.588. The highest BCUT2D eigenvalue weighted by Gasteiger charge is 2.24. The predicted molar refractivity (Wildman–Crippen MR) is 192 cm³/mol. The van der Waals surface area contributed by atoms with Crippen LogP contribution in [0.15, 0.2) is 148 Å². The van der Waals surface area contributed by atoms with Crippen LogP contribution in [0, 0.1) is 0 Å². The van der Waals surface area contributed by atoms with E-state index in [1.807, 2.05) is 66.0 Å². The summed E-state index contributed by atoms with van der Waals surface area (Å²) in [6.07, 6.45) is 2.94. The molecular formula is C37H27ClN4O4S2. The number of amides is 3. The lowest BCUT2D eigenvalue weighted by Gasteiger charge is -2.17. The number of hydrogen-bond acceptors (Lipinski definition) is 7. The molecule has 48 heavy (non-hydrogen) atoms. The van der Waals surface area contributed by atoms with Gasteiger partial charge in [0.1, 0.15) is 16.7 Å². The zero-order valence-electron chi connectivity index (χ0n) is 25.1. The Morgan fingerprint density at radius 2 is 1.52 bits per heavy atom. The van der Waals surface area contributed by atoms with E-state index in [1.54, 1.807) is 60.7 Å². The molecule has 6 rings (SSSR count). The summed E-state index contributed by atoms with van der Waals surface area (Å²) in [5.41, 5.74) is 3.22. The van der Waals surface area contributed by atoms with Gasteiger partial charge in [-0.15, -0.1) is 23.1 Å². The molecule has 8 nitrogen and oxygen atoms in total. The van der Waals surface area contributed by atoms with Gasteiger partial charge in [0.05, 0.1) is 12.0 Å². The molecule has 2 aromatic heterocycles. The molecule has 6 aromatic rings. The first-order valence-electron chi connectivity index (χ1n) is 14.7. The Labute approximate surface area is 289 Å². The molecule has 0 aliphatic carbocycles. The van der Waals surface area contributed by atoms with Gasteiger partial charge < -0.3 is 20.4 Å². The highest BCUT2D eigenvalue weighted by Crippen LogP contribution is 2.37. The molecule has 0 aliphatic rings. The Bertz CT molecular complexity index is 2050. The topological polar surface area (TPSA) is 113 Å². The first kappa shape index (κ1) is 32.5. The van der Waals surface area contributed by atoms with Gasteiger partial charge in [-0.05, 0) is 60.2 Å². The maximum absolute atomic E-state index is 13.6. The molecule has 3 N–H and O–H groups in total. The molecule has 238 valence electrons. The zero-order chi connectivity index (χ0) is 33.3. The van der Waals surface area contributed by atoms with Crippen molar-refractivity contribution in [3.63, 3.8) is 0 Å². The number of rotatable bonds is 11. The average Bonchev–Trinajstić information content (AvgIpc) is 3.81. The minimum Gasteiger partial charge on any atom is -0.465 e. The Balaban J connectivity index is 1.16. The number of hydrogen-bond donors (Lipinski definition) is 3. The van der Waals surface area contributed by atoms with E-state index in [4.69, 9.17) is 16.0 Å². The zero-order valence-corrected chi connectivity index (χ0v) is 27.5. The van der Waals surface area contributed by atoms with Crippen LogP contribution in [0.25, 0.3) is 17.3 Å². The van der Waals surface area contributed by atoms with Gasteiger partial charge in [0.15, 0.2) is 5.13 Å². The average molecular weight is 691 g/mol. The summed E-state index contributed by atoms with van der Waals surface area (Å²) in [5.74, 6) is -0.788. The lowest BCUT2D eigenvalue weighted by Crippen LogP contribution is -2.30. The number of furan rings is 1. The fourth-order valence-electron chi connectivity index (χ4n) is 4.60. The summed E-state index contributed by atoms with van der Waals surface area (Å²) < 4.78 is 5.37. The van der Waals surface area contributed by atoms with Gasteiger partial charge in [-0.25, -0.2) is 4.98 Å². The molecule has 4 aromatic carbocycles. The van der Waals surface area contributed by atoms with Crippen molar-refractivity contribution >= 4 is 69.3 Å². The highest BCUT2D eigenvalue weighted by atomic mass is 35.5. The third kappa shape index (κ3) is 8.29. The number of nitrogens with zero attached hydrogens (tertiary/aromatic N) is 1. The molecule has 1 unspecified atom stereocenters. The van der Waals surface area contributed by atoms with Crippen LogP contribution < -0.4 is 16.0 Å². The number of carbonyl (C=O) groups excluding carboxylic acids is 3. The fourth-order valence-corrected chi connectivity index (χ4v) is 6.58. The van der Waals surface area contributed by atoms with E-state index in [0.717, 1.165) is 16.0 Å². The van der Waals surface area contributed by atoms with E-state index < -0.39 is 17.1 Å². The van der Waals surface area contributed by atoms with Crippen LogP contribution in [0.3, 0.4) is 0 Å². The van der Waals surface area contributed by atoms with Crippen LogP contribution in [0.4, 0.5) is 10.8 Å². The van der Waals surface area contributed by atoms with Crippen LogP contribution >= 0.6 is 34.7 Å². The number of thioether (sulfide) groups is 1. The Morgan fingerprint density at radius 3 is 2.23 bits per heavy atom. The largest absolute Gasteiger partial charge is 0.465 e. The third-order valence-electron chi connectivity index (χ3n) is 6.95. The standard InChI is InChI=1S/C37H27ClN4O4S2/c38-30-16-8-7-15-29(30)32-23-47-37(41-32)42-36(45)33(24-10-3-1-4-11-24)48-28-19-17-26(18-20-28)39-35(44)31(22-27-14-9-21-46-27)40-34(43)25-12-5-2-6-13-25/h1-23,33H,(H,39,44)(H,40,43)(H,41,42,45)/b31-22-. The van der Waals surface area contributed by atoms with Gasteiger partial charge in [0.25, 0.3) is 11.8 Å². The van der Waals surface area contributed by atoms with Crippen molar-refractivity contribution in [1.29, 1.82) is 0 Å². The van der Waals surface area contributed by atoms with Crippen molar-refractivity contribution in [2.75, 3.05) is 10.6 Å². The number of anilines is 2. The molecule has 0 saturated carbocycles. The number of carbonyl (C=O) groups is 3. The van der Waals surface area contributed by atoms with Crippen molar-refractivity contribution in [2.24, 2.45) is 0 Å². The van der Waals surface area contributed by atoms with Crippen molar-refractivity contribution in [2.45, 2.75) is 10.1 Å². The molecule has 1 atom stereocenters. The molecule has 11 heteroatoms. The van der Waals surface area contributed by atoms with Gasteiger partial charge in [-0.2, -0.15) is 0 Å². The Kier molecular flexibility index (Phi) is 10.5. The van der Waals surface area contributed by atoms with E-state index in [9.17, 15) is 14.4 Å². The molecule has 0 bridgehead atoms. The van der Waals surface area contributed by atoms with Gasteiger partial charge in [-0.1, -0.05) is 78.3 Å². The van der Waals surface area contributed by atoms with Crippen LogP contribution in [0.1, 0.15) is 26.9 Å². The Morgan fingerprint density at radius 1 is 0.812 bits per heavy atom. The second-order valence-electron chi connectivity index (χ2n) is 10.3. The van der Waals surface area contributed by atoms with Gasteiger partial charge >= 0.3 is 0 Å². The SMILES string of the molecule is O=C(Nc1ccc(SC(C(=O)Nc2nc(-c3ccccc3Cl)cs2)c2ccccc2)cc1)/C(=C/c1ccco1)NC(=O)c1ccccc1. The lowest BCUT2D eigenvalue weighted by atomic mass is 10.1. The molecule has 3 amide bonds. The van der Waals surface area contributed by atoms with Gasteiger partial charge in [0, 0.05) is 38.2 Å². The molecular weight excluding hydrogens is 664 g/mol. The maximum Gasteiger partial charge on any atom is 0.272 e. The van der Waals surface area contributed by atoms with E-state index in [-0.39, 0.29) is 11.6 Å². The quantitative estimate of drug-likeness (QED) is 0.0924. The summed E-state index contributed by atoms with van der Waals surface area (Å²) >= 11 is 9.04. The number of thiazole rings is 1.